The smallest absolute Gasteiger partial charge is 0.257 e. The van der Waals surface area contributed by atoms with Gasteiger partial charge in [0.15, 0.2) is 10.8 Å². The number of H-pyrrole nitrogens is 1. The molecule has 9 heteroatoms. The first-order valence-electron chi connectivity index (χ1n) is 10.2. The molecule has 31 heavy (non-hydrogen) atoms. The van der Waals surface area contributed by atoms with Gasteiger partial charge in [-0.15, -0.1) is 11.3 Å². The van der Waals surface area contributed by atoms with Gasteiger partial charge in [0, 0.05) is 35.3 Å². The molecule has 3 aromatic heterocycles. The molecule has 1 unspecified atom stereocenters. The third-order valence-corrected chi connectivity index (χ3v) is 6.15. The summed E-state index contributed by atoms with van der Waals surface area (Å²) in [5, 5.41) is 15.3. The zero-order valence-electron chi connectivity index (χ0n) is 17.0. The van der Waals surface area contributed by atoms with E-state index in [4.69, 9.17) is 4.74 Å². The van der Waals surface area contributed by atoms with Crippen molar-refractivity contribution >= 4 is 33.4 Å². The molecule has 0 spiro atoms. The van der Waals surface area contributed by atoms with E-state index in [9.17, 15) is 4.79 Å². The normalized spacial score (nSPS) is 16.4. The highest BCUT2D eigenvalue weighted by molar-refractivity contribution is 7.15. The molecule has 1 fully saturated rings. The molecular weight excluding hydrogens is 412 g/mol. The van der Waals surface area contributed by atoms with Crippen molar-refractivity contribution in [3.8, 4) is 11.5 Å². The highest BCUT2D eigenvalue weighted by Gasteiger charge is 2.23. The number of nitrogens with zero attached hydrogens (tertiary/aromatic N) is 3. The molecule has 0 aliphatic carbocycles. The average Bonchev–Trinajstić information content (AvgIpc) is 3.41. The van der Waals surface area contributed by atoms with Gasteiger partial charge >= 0.3 is 0 Å². The number of ether oxygens (including phenoxy) is 1. The lowest BCUT2D eigenvalue weighted by atomic mass is 9.94. The van der Waals surface area contributed by atoms with Gasteiger partial charge in [0.1, 0.15) is 11.5 Å². The molecule has 5 rings (SSSR count). The van der Waals surface area contributed by atoms with E-state index in [0.29, 0.717) is 33.8 Å². The predicted molar refractivity (Wildman–Crippen MR) is 120 cm³/mol. The van der Waals surface area contributed by atoms with Crippen LogP contribution in [0.25, 0.3) is 11.0 Å². The van der Waals surface area contributed by atoms with Crippen LogP contribution in [0.15, 0.2) is 42.7 Å². The number of pyridine rings is 1. The average molecular weight is 435 g/mol. The lowest BCUT2D eigenvalue weighted by Crippen LogP contribution is -2.28. The van der Waals surface area contributed by atoms with Crippen LogP contribution in [0.5, 0.6) is 11.5 Å². The van der Waals surface area contributed by atoms with Gasteiger partial charge < -0.3 is 10.1 Å². The van der Waals surface area contributed by atoms with Crippen molar-refractivity contribution in [2.75, 3.05) is 18.4 Å². The lowest BCUT2D eigenvalue weighted by Gasteiger charge is -2.21. The maximum absolute atomic E-state index is 12.4. The van der Waals surface area contributed by atoms with Gasteiger partial charge in [0.2, 0.25) is 0 Å². The van der Waals surface area contributed by atoms with E-state index in [-0.39, 0.29) is 5.91 Å². The van der Waals surface area contributed by atoms with Gasteiger partial charge in [0.05, 0.1) is 11.1 Å². The van der Waals surface area contributed by atoms with Crippen molar-refractivity contribution in [2.24, 2.45) is 0 Å². The van der Waals surface area contributed by atoms with E-state index in [1.165, 1.54) is 11.3 Å². The minimum Gasteiger partial charge on any atom is -0.456 e. The molecule has 1 saturated heterocycles. The van der Waals surface area contributed by atoms with Crippen molar-refractivity contribution in [3.05, 3.63) is 58.9 Å². The van der Waals surface area contributed by atoms with E-state index in [1.54, 1.807) is 36.7 Å². The Balaban J connectivity index is 1.36. The molecule has 1 amide bonds. The lowest BCUT2D eigenvalue weighted by molar-refractivity contribution is 0.102. The summed E-state index contributed by atoms with van der Waals surface area (Å²) in [6, 6.07) is 8.91. The van der Waals surface area contributed by atoms with Gasteiger partial charge in [-0.1, -0.05) is 0 Å². The molecule has 4 heterocycles. The largest absolute Gasteiger partial charge is 0.456 e. The number of rotatable bonds is 5. The Labute approximate surface area is 183 Å². The summed E-state index contributed by atoms with van der Waals surface area (Å²) >= 11 is 1.44. The van der Waals surface area contributed by atoms with Gasteiger partial charge in [-0.25, -0.2) is 9.97 Å². The number of carbonyl (C=O) groups is 1. The third kappa shape index (κ3) is 4.14. The number of nitrogens with one attached hydrogen (secondary N) is 3. The van der Waals surface area contributed by atoms with Gasteiger partial charge in [0.25, 0.3) is 5.91 Å². The summed E-state index contributed by atoms with van der Waals surface area (Å²) in [7, 11) is 0. The Morgan fingerprint density at radius 1 is 1.23 bits per heavy atom. The van der Waals surface area contributed by atoms with Crippen molar-refractivity contribution in [2.45, 2.75) is 25.7 Å². The number of hydrogen-bond donors (Lipinski definition) is 3. The Morgan fingerprint density at radius 2 is 2.10 bits per heavy atom. The van der Waals surface area contributed by atoms with Gasteiger partial charge in [-0.05, 0) is 56.6 Å². The summed E-state index contributed by atoms with van der Waals surface area (Å²) in [4.78, 5) is 22.1. The molecular formula is C22H22N6O2S. The highest BCUT2D eigenvalue weighted by Crippen LogP contribution is 2.35. The second-order valence-electron chi connectivity index (χ2n) is 7.54. The maximum Gasteiger partial charge on any atom is 0.257 e. The molecule has 0 bridgehead atoms. The second-order valence-corrected chi connectivity index (χ2v) is 8.78. The van der Waals surface area contributed by atoms with Crippen LogP contribution < -0.4 is 15.4 Å². The number of thiazole rings is 1. The molecule has 1 aliphatic rings. The van der Waals surface area contributed by atoms with Gasteiger partial charge in [-0.3, -0.25) is 15.2 Å². The molecule has 3 N–H and O–H groups in total. The first kappa shape index (κ1) is 19.7. The highest BCUT2D eigenvalue weighted by atomic mass is 32.1. The molecule has 1 atom stereocenters. The number of aromatic amines is 1. The topological polar surface area (TPSA) is 105 Å². The van der Waals surface area contributed by atoms with Crippen molar-refractivity contribution < 1.29 is 9.53 Å². The third-order valence-electron chi connectivity index (χ3n) is 5.32. The monoisotopic (exact) mass is 434 g/mol. The van der Waals surface area contributed by atoms with E-state index in [0.717, 1.165) is 41.9 Å². The summed E-state index contributed by atoms with van der Waals surface area (Å²) < 4.78 is 6.18. The zero-order chi connectivity index (χ0) is 21.2. The zero-order valence-corrected chi connectivity index (χ0v) is 17.8. The first-order valence-corrected chi connectivity index (χ1v) is 11.0. The SMILES string of the molecule is Cc1cnc(NC(=O)c2ccc(Oc3ccnc4[nH]nc(C5CCCNC5)c34)cc2)s1. The minimum atomic E-state index is -0.200. The second kappa shape index (κ2) is 8.44. The Kier molecular flexibility index (Phi) is 5.35. The molecule has 0 radical (unpaired) electrons. The van der Waals surface area contributed by atoms with Crippen LogP contribution in [0, 0.1) is 6.92 Å². The van der Waals surface area contributed by atoms with Crippen LogP contribution >= 0.6 is 11.3 Å². The minimum absolute atomic E-state index is 0.200. The maximum atomic E-state index is 12.4. The number of aryl methyl sites for hydroxylation is 1. The molecule has 1 aliphatic heterocycles. The van der Waals surface area contributed by atoms with E-state index < -0.39 is 0 Å². The predicted octanol–water partition coefficient (Wildman–Crippen LogP) is 4.23. The quantitative estimate of drug-likeness (QED) is 0.434. The van der Waals surface area contributed by atoms with E-state index in [1.807, 2.05) is 13.0 Å². The fourth-order valence-corrected chi connectivity index (χ4v) is 4.45. The van der Waals surface area contributed by atoms with Gasteiger partial charge in [-0.2, -0.15) is 5.10 Å². The Bertz CT molecular complexity index is 1210. The Morgan fingerprint density at radius 3 is 2.84 bits per heavy atom. The molecule has 1 aromatic carbocycles. The van der Waals surface area contributed by atoms with Crippen molar-refractivity contribution in [1.29, 1.82) is 0 Å². The van der Waals surface area contributed by atoms with Crippen LogP contribution in [0.3, 0.4) is 0 Å². The summed E-state index contributed by atoms with van der Waals surface area (Å²) in [6.07, 6.45) is 5.65. The van der Waals surface area contributed by atoms with Crippen LogP contribution in [-0.2, 0) is 0 Å². The molecule has 158 valence electrons. The number of hydrogen-bond acceptors (Lipinski definition) is 7. The summed E-state index contributed by atoms with van der Waals surface area (Å²) in [6.45, 7) is 3.89. The summed E-state index contributed by atoms with van der Waals surface area (Å²) in [5.41, 5.74) is 2.24. The molecule has 4 aromatic rings. The van der Waals surface area contributed by atoms with E-state index in [2.05, 4.69) is 30.8 Å². The van der Waals surface area contributed by atoms with Crippen molar-refractivity contribution in [3.63, 3.8) is 0 Å². The number of aromatic nitrogens is 4. The number of amides is 1. The van der Waals surface area contributed by atoms with Crippen LogP contribution in [-0.4, -0.2) is 39.2 Å². The fourth-order valence-electron chi connectivity index (χ4n) is 3.79. The molecule has 8 nitrogen and oxygen atoms in total. The Hall–Kier alpha value is -3.30. The number of benzene rings is 1. The van der Waals surface area contributed by atoms with Crippen molar-refractivity contribution in [1.82, 2.24) is 25.5 Å². The van der Waals surface area contributed by atoms with E-state index >= 15 is 0 Å². The first-order chi connectivity index (χ1) is 15.2. The standard InChI is InChI=1S/C22H22N6O2S/c1-13-11-25-22(31-13)26-21(29)14-4-6-16(7-5-14)30-17-8-10-24-20-18(17)19(27-28-20)15-3-2-9-23-12-15/h4-8,10-11,15,23H,2-3,9,12H2,1H3,(H,24,27,28)(H,25,26,29). The van der Waals surface area contributed by atoms with Crippen LogP contribution in [0.2, 0.25) is 0 Å². The van der Waals surface area contributed by atoms with Crippen LogP contribution in [0.4, 0.5) is 5.13 Å². The number of carbonyl (C=O) groups excluding carboxylic acids is 1. The molecule has 0 saturated carbocycles. The number of fused-ring (bicyclic) bond motifs is 1. The van der Waals surface area contributed by atoms with Crippen LogP contribution in [0.1, 0.15) is 39.7 Å². The number of piperidine rings is 1. The fraction of sp³-hybridized carbons (Fsp3) is 0.273. The number of anilines is 1. The summed E-state index contributed by atoms with van der Waals surface area (Å²) in [5.74, 6) is 1.47.